The molecule has 2 aromatic heterocycles. The Morgan fingerprint density at radius 1 is 1.19 bits per heavy atom. The van der Waals surface area contributed by atoms with E-state index >= 15 is 0 Å². The molecule has 10 heteroatoms. The number of hydrogen-bond donors (Lipinski definition) is 0. The summed E-state index contributed by atoms with van der Waals surface area (Å²) in [6.45, 7) is 3.08. The maximum absolute atomic E-state index is 14.8. The van der Waals surface area contributed by atoms with E-state index in [1.165, 1.54) is 11.8 Å². The molecule has 3 unspecified atom stereocenters. The molecule has 3 aliphatic heterocycles. The summed E-state index contributed by atoms with van der Waals surface area (Å²) in [6.07, 6.45) is 5.07. The molecule has 1 aromatic carbocycles. The Balaban J connectivity index is 1.61. The average molecular weight is 535 g/mol. The second-order valence-corrected chi connectivity index (χ2v) is 11.4. The first kappa shape index (κ1) is 24.1. The highest BCUT2D eigenvalue weighted by Crippen LogP contribution is 2.66. The molecule has 3 atom stereocenters. The number of likely N-dealkylation sites (tertiary alicyclic amines) is 1. The van der Waals surface area contributed by atoms with Crippen LogP contribution >= 0.6 is 24.0 Å². The van der Waals surface area contributed by atoms with Crippen molar-refractivity contribution >= 4 is 45.8 Å². The number of pyridine rings is 1. The molecule has 2 fully saturated rings. The number of fused-ring (bicyclic) bond motifs is 3. The molecule has 0 saturated carbocycles. The van der Waals surface area contributed by atoms with E-state index in [4.69, 9.17) is 21.4 Å². The van der Waals surface area contributed by atoms with E-state index in [0.29, 0.717) is 29.0 Å². The number of thiocarbonyl (C=S) groups is 1. The monoisotopic (exact) mass is 534 g/mol. The largest absolute Gasteiger partial charge is 0.494 e. The van der Waals surface area contributed by atoms with Gasteiger partial charge in [0.1, 0.15) is 20.6 Å². The highest BCUT2D eigenvalue weighted by Gasteiger charge is 2.78. The van der Waals surface area contributed by atoms with Gasteiger partial charge in [0.15, 0.2) is 5.54 Å². The molecule has 5 heterocycles. The SMILES string of the molecule is CCOc1ccc2c(c1)C1(C(=O)N2C)N(C)CC(c2cccnc2)C12SC(=S)N(Cc1ccco1)C2=O. The predicted octanol–water partition coefficient (Wildman–Crippen LogP) is 3.77. The lowest BCUT2D eigenvalue weighted by molar-refractivity contribution is -0.139. The van der Waals surface area contributed by atoms with Crippen LogP contribution in [0.25, 0.3) is 0 Å². The van der Waals surface area contributed by atoms with E-state index in [0.717, 1.165) is 16.8 Å². The van der Waals surface area contributed by atoms with Crippen molar-refractivity contribution in [3.05, 3.63) is 78.0 Å². The molecular formula is C27H26N4O4S2. The number of anilines is 1. The van der Waals surface area contributed by atoms with E-state index < -0.39 is 10.3 Å². The molecule has 0 aliphatic carbocycles. The molecular weight excluding hydrogens is 508 g/mol. The van der Waals surface area contributed by atoms with Crippen molar-refractivity contribution in [1.82, 2.24) is 14.8 Å². The van der Waals surface area contributed by atoms with Crippen LogP contribution in [0.15, 0.2) is 65.5 Å². The van der Waals surface area contributed by atoms with Crippen LogP contribution < -0.4 is 9.64 Å². The normalized spacial score (nSPS) is 27.2. The molecule has 3 aliphatic rings. The number of benzene rings is 1. The number of likely N-dealkylation sites (N-methyl/N-ethyl adjacent to an activating group) is 2. The molecule has 2 saturated heterocycles. The van der Waals surface area contributed by atoms with Gasteiger partial charge < -0.3 is 14.1 Å². The third kappa shape index (κ3) is 3.12. The standard InChI is InChI=1S/C27H26N4O4S2/c1-4-34-18-9-10-22-20(13-18)26(23(32)30(22)3)27(21(16-29(26)2)17-7-5-11-28-14-17)24(33)31(25(36)37-27)15-19-8-6-12-35-19/h5-14,21H,4,15-16H2,1-3H3. The van der Waals surface area contributed by atoms with Gasteiger partial charge >= 0.3 is 0 Å². The molecule has 0 bridgehead atoms. The third-order valence-corrected chi connectivity index (χ3v) is 9.66. The Bertz CT molecular complexity index is 1400. The zero-order chi connectivity index (χ0) is 25.9. The van der Waals surface area contributed by atoms with Gasteiger partial charge in [-0.25, -0.2) is 0 Å². The van der Waals surface area contributed by atoms with Gasteiger partial charge in [-0.1, -0.05) is 30.0 Å². The summed E-state index contributed by atoms with van der Waals surface area (Å²) < 4.78 is 10.6. The Hall–Kier alpha value is -3.21. The van der Waals surface area contributed by atoms with Gasteiger partial charge in [-0.15, -0.1) is 0 Å². The minimum absolute atomic E-state index is 0.159. The van der Waals surface area contributed by atoms with Crippen LogP contribution in [0.5, 0.6) is 5.75 Å². The number of thioether (sulfide) groups is 1. The summed E-state index contributed by atoms with van der Waals surface area (Å²) in [7, 11) is 3.68. The summed E-state index contributed by atoms with van der Waals surface area (Å²) >= 11 is 7.15. The van der Waals surface area contributed by atoms with Crippen molar-refractivity contribution in [3.63, 3.8) is 0 Å². The number of hydrogen-bond acceptors (Lipinski definition) is 8. The van der Waals surface area contributed by atoms with Crippen molar-refractivity contribution < 1.29 is 18.7 Å². The minimum atomic E-state index is -1.30. The van der Waals surface area contributed by atoms with Crippen molar-refractivity contribution in [1.29, 1.82) is 0 Å². The number of carbonyl (C=O) groups excluding carboxylic acids is 2. The van der Waals surface area contributed by atoms with Crippen LogP contribution in [-0.2, 0) is 21.7 Å². The van der Waals surface area contributed by atoms with Crippen LogP contribution in [0.4, 0.5) is 5.69 Å². The Kier molecular flexibility index (Phi) is 5.66. The van der Waals surface area contributed by atoms with Gasteiger partial charge in [-0.2, -0.15) is 0 Å². The van der Waals surface area contributed by atoms with Gasteiger partial charge in [0, 0.05) is 43.2 Å². The summed E-state index contributed by atoms with van der Waals surface area (Å²) in [6, 6.07) is 13.1. The zero-order valence-corrected chi connectivity index (χ0v) is 22.3. The van der Waals surface area contributed by atoms with Crippen LogP contribution in [0.1, 0.15) is 29.7 Å². The van der Waals surface area contributed by atoms with E-state index in [2.05, 4.69) is 4.98 Å². The lowest BCUT2D eigenvalue weighted by Crippen LogP contribution is -2.62. The molecule has 8 nitrogen and oxygen atoms in total. The Morgan fingerprint density at radius 3 is 2.73 bits per heavy atom. The van der Waals surface area contributed by atoms with Crippen LogP contribution in [0.3, 0.4) is 0 Å². The van der Waals surface area contributed by atoms with Gasteiger partial charge in [0.2, 0.25) is 5.91 Å². The highest BCUT2D eigenvalue weighted by molar-refractivity contribution is 8.25. The smallest absolute Gasteiger partial charge is 0.254 e. The van der Waals surface area contributed by atoms with Crippen LogP contribution in [0.2, 0.25) is 0 Å². The van der Waals surface area contributed by atoms with E-state index in [-0.39, 0.29) is 24.3 Å². The van der Waals surface area contributed by atoms with Gasteiger partial charge in [0.25, 0.3) is 5.91 Å². The highest BCUT2D eigenvalue weighted by atomic mass is 32.2. The summed E-state index contributed by atoms with van der Waals surface area (Å²) in [5.74, 6) is 0.576. The first-order valence-electron chi connectivity index (χ1n) is 12.1. The van der Waals surface area contributed by atoms with Crippen LogP contribution in [-0.4, -0.2) is 62.9 Å². The topological polar surface area (TPSA) is 79.1 Å². The second-order valence-electron chi connectivity index (χ2n) is 9.48. The third-order valence-electron chi connectivity index (χ3n) is 7.71. The summed E-state index contributed by atoms with van der Waals surface area (Å²) in [5.41, 5.74) is 1.10. The van der Waals surface area contributed by atoms with E-state index in [1.54, 1.807) is 41.6 Å². The molecule has 0 N–H and O–H groups in total. The molecule has 6 rings (SSSR count). The zero-order valence-electron chi connectivity index (χ0n) is 20.7. The molecule has 3 aromatic rings. The fourth-order valence-electron chi connectivity index (χ4n) is 6.21. The summed E-state index contributed by atoms with van der Waals surface area (Å²) in [5, 5.41) is 0. The molecule has 2 amide bonds. The number of ether oxygens (including phenoxy) is 1. The van der Waals surface area contributed by atoms with Gasteiger partial charge in [-0.3, -0.25) is 24.4 Å². The Morgan fingerprint density at radius 2 is 2.03 bits per heavy atom. The number of nitrogens with zero attached hydrogens (tertiary/aromatic N) is 4. The van der Waals surface area contributed by atoms with Crippen molar-refractivity contribution in [2.45, 2.75) is 29.7 Å². The molecule has 2 spiro atoms. The maximum Gasteiger partial charge on any atom is 0.254 e. The average Bonchev–Trinajstić information content (AvgIpc) is 3.62. The van der Waals surface area contributed by atoms with Crippen molar-refractivity contribution in [2.75, 3.05) is 32.1 Å². The molecule has 0 radical (unpaired) electrons. The van der Waals surface area contributed by atoms with Crippen molar-refractivity contribution in [2.24, 2.45) is 0 Å². The second kappa shape index (κ2) is 8.68. The first-order valence-corrected chi connectivity index (χ1v) is 13.3. The van der Waals surface area contributed by atoms with Gasteiger partial charge in [-0.05, 0) is 55.9 Å². The summed E-state index contributed by atoms with van der Waals surface area (Å²) in [4.78, 5) is 38.8. The fraction of sp³-hybridized carbons (Fsp3) is 0.333. The van der Waals surface area contributed by atoms with E-state index in [1.807, 2.05) is 55.3 Å². The van der Waals surface area contributed by atoms with Crippen LogP contribution in [0, 0.1) is 0 Å². The lowest BCUT2D eigenvalue weighted by Gasteiger charge is -2.42. The Labute approximate surface area is 224 Å². The number of amides is 2. The quantitative estimate of drug-likeness (QED) is 0.458. The number of rotatable bonds is 5. The lowest BCUT2D eigenvalue weighted by atomic mass is 9.72. The molecule has 37 heavy (non-hydrogen) atoms. The number of aromatic nitrogens is 1. The van der Waals surface area contributed by atoms with Gasteiger partial charge in [0.05, 0.1) is 19.4 Å². The van der Waals surface area contributed by atoms with Crippen molar-refractivity contribution in [3.8, 4) is 5.75 Å². The fourth-order valence-corrected chi connectivity index (χ4v) is 8.34. The maximum atomic E-state index is 14.8. The number of carbonyl (C=O) groups is 2. The molecule has 190 valence electrons. The minimum Gasteiger partial charge on any atom is -0.494 e. The van der Waals surface area contributed by atoms with E-state index in [9.17, 15) is 9.59 Å². The first-order chi connectivity index (χ1) is 17.9. The number of furan rings is 1. The predicted molar refractivity (Wildman–Crippen MR) is 144 cm³/mol.